The fourth-order valence-corrected chi connectivity index (χ4v) is 4.14. The summed E-state index contributed by atoms with van der Waals surface area (Å²) in [7, 11) is 5.55. The third-order valence-electron chi connectivity index (χ3n) is 4.98. The molecule has 2 heterocycles. The van der Waals surface area contributed by atoms with Crippen LogP contribution in [0.5, 0.6) is 5.75 Å². The fraction of sp³-hybridized carbons (Fsp3) is 0.227. The monoisotopic (exact) mass is 406 g/mol. The summed E-state index contributed by atoms with van der Waals surface area (Å²) in [4.78, 5) is 12.8. The van der Waals surface area contributed by atoms with Gasteiger partial charge in [-0.2, -0.15) is 0 Å². The zero-order valence-electron chi connectivity index (χ0n) is 16.6. The molecule has 7 heteroatoms. The second kappa shape index (κ2) is 8.13. The van der Waals surface area contributed by atoms with E-state index in [-0.39, 0.29) is 5.78 Å². The van der Waals surface area contributed by atoms with Gasteiger partial charge in [0.15, 0.2) is 10.9 Å². The van der Waals surface area contributed by atoms with Crippen LogP contribution >= 0.6 is 11.8 Å². The number of carbonyl (C=O) groups excluding carboxylic acids is 1. The highest BCUT2D eigenvalue weighted by Crippen LogP contribution is 2.24. The first-order chi connectivity index (χ1) is 14.1. The van der Waals surface area contributed by atoms with Gasteiger partial charge < -0.3 is 13.9 Å². The van der Waals surface area contributed by atoms with Crippen molar-refractivity contribution in [2.75, 3.05) is 12.9 Å². The van der Waals surface area contributed by atoms with Crippen LogP contribution in [0.1, 0.15) is 21.7 Å². The maximum Gasteiger partial charge on any atom is 0.191 e. The van der Waals surface area contributed by atoms with Gasteiger partial charge >= 0.3 is 0 Å². The Kier molecular flexibility index (Phi) is 5.40. The van der Waals surface area contributed by atoms with Gasteiger partial charge in [0.1, 0.15) is 11.6 Å². The quantitative estimate of drug-likeness (QED) is 0.344. The summed E-state index contributed by atoms with van der Waals surface area (Å²) in [5.41, 5.74) is 2.93. The van der Waals surface area contributed by atoms with Gasteiger partial charge in [-0.1, -0.05) is 42.1 Å². The molecule has 0 amide bonds. The lowest BCUT2D eigenvalue weighted by Gasteiger charge is -2.05. The number of carbonyl (C=O) groups is 1. The number of fused-ring (bicyclic) bond motifs is 1. The lowest BCUT2D eigenvalue weighted by Crippen LogP contribution is -2.04. The van der Waals surface area contributed by atoms with Crippen molar-refractivity contribution >= 4 is 28.4 Å². The summed E-state index contributed by atoms with van der Waals surface area (Å²) in [6.45, 7) is 0. The van der Waals surface area contributed by atoms with Crippen LogP contribution in [0.4, 0.5) is 0 Å². The molecule has 0 aliphatic rings. The Morgan fingerprint density at radius 3 is 2.59 bits per heavy atom. The van der Waals surface area contributed by atoms with Gasteiger partial charge in [0.25, 0.3) is 0 Å². The first-order valence-corrected chi connectivity index (χ1v) is 10.3. The Labute approximate surface area is 173 Å². The number of rotatable bonds is 7. The smallest absolute Gasteiger partial charge is 0.191 e. The molecule has 0 aliphatic carbocycles. The maximum atomic E-state index is 12.8. The van der Waals surface area contributed by atoms with E-state index in [4.69, 9.17) is 4.74 Å². The number of nitrogens with zero attached hydrogens (tertiary/aromatic N) is 4. The Hall–Kier alpha value is -3.06. The largest absolute Gasteiger partial charge is 0.497 e. The minimum atomic E-state index is 0.0894. The number of methoxy groups -OCH3 is 1. The van der Waals surface area contributed by atoms with E-state index in [1.807, 2.05) is 78.0 Å². The zero-order chi connectivity index (χ0) is 20.4. The molecule has 2 aromatic heterocycles. The molecule has 0 saturated carbocycles. The highest BCUT2D eigenvalue weighted by molar-refractivity contribution is 7.99. The molecule has 29 heavy (non-hydrogen) atoms. The van der Waals surface area contributed by atoms with E-state index in [0.29, 0.717) is 12.2 Å². The highest BCUT2D eigenvalue weighted by atomic mass is 32.2. The van der Waals surface area contributed by atoms with E-state index in [9.17, 15) is 4.79 Å². The van der Waals surface area contributed by atoms with Gasteiger partial charge in [0.05, 0.1) is 12.9 Å². The van der Waals surface area contributed by atoms with E-state index in [2.05, 4.69) is 10.2 Å². The van der Waals surface area contributed by atoms with Crippen LogP contribution in [0.15, 0.2) is 59.9 Å². The second-order valence-corrected chi connectivity index (χ2v) is 7.81. The van der Waals surface area contributed by atoms with Crippen LogP contribution in [0.25, 0.3) is 10.9 Å². The van der Waals surface area contributed by atoms with E-state index in [0.717, 1.165) is 38.8 Å². The van der Waals surface area contributed by atoms with Crippen molar-refractivity contribution in [3.8, 4) is 5.75 Å². The topological polar surface area (TPSA) is 61.9 Å². The maximum absolute atomic E-state index is 12.8. The van der Waals surface area contributed by atoms with Gasteiger partial charge in [-0.3, -0.25) is 4.79 Å². The van der Waals surface area contributed by atoms with Crippen LogP contribution in [-0.2, 0) is 20.5 Å². The number of benzene rings is 2. The zero-order valence-corrected chi connectivity index (χ0v) is 17.4. The van der Waals surface area contributed by atoms with Crippen molar-refractivity contribution in [1.29, 1.82) is 0 Å². The summed E-state index contributed by atoms with van der Waals surface area (Å²) >= 11 is 1.42. The molecule has 2 aromatic carbocycles. The molecule has 0 spiro atoms. The summed E-state index contributed by atoms with van der Waals surface area (Å²) in [6.07, 6.45) is 2.57. The van der Waals surface area contributed by atoms with Crippen molar-refractivity contribution in [3.05, 3.63) is 71.7 Å². The van der Waals surface area contributed by atoms with Crippen molar-refractivity contribution in [1.82, 2.24) is 19.3 Å². The van der Waals surface area contributed by atoms with Gasteiger partial charge in [-0.15, -0.1) is 10.2 Å². The molecule has 148 valence electrons. The number of ether oxygens (including phenoxy) is 1. The minimum absolute atomic E-state index is 0.0894. The molecule has 0 atom stereocenters. The number of para-hydroxylation sites is 1. The van der Waals surface area contributed by atoms with Crippen LogP contribution in [0.3, 0.4) is 0 Å². The second-order valence-electron chi connectivity index (χ2n) is 6.87. The lowest BCUT2D eigenvalue weighted by atomic mass is 10.1. The van der Waals surface area contributed by atoms with Crippen molar-refractivity contribution in [2.45, 2.75) is 11.6 Å². The van der Waals surface area contributed by atoms with E-state index in [1.165, 1.54) is 11.8 Å². The molecule has 0 N–H and O–H groups in total. The number of ketones is 1. The van der Waals surface area contributed by atoms with Gasteiger partial charge in [-0.25, -0.2) is 0 Å². The van der Waals surface area contributed by atoms with E-state index < -0.39 is 0 Å². The average Bonchev–Trinajstić information content (AvgIpc) is 3.27. The SMILES string of the molecule is COc1ccc(Cc2nnc(SCC(=O)c3cn(C)c4ccccc34)n2C)cc1. The standard InChI is InChI=1S/C22H22N4O2S/c1-25-13-18(17-6-4-5-7-19(17)25)20(27)14-29-22-24-23-21(26(22)2)12-15-8-10-16(28-3)11-9-15/h4-11,13H,12,14H2,1-3H3. The highest BCUT2D eigenvalue weighted by Gasteiger charge is 2.16. The van der Waals surface area contributed by atoms with Crippen molar-refractivity contribution in [2.24, 2.45) is 14.1 Å². The molecule has 0 radical (unpaired) electrons. The number of thioether (sulfide) groups is 1. The van der Waals surface area contributed by atoms with Crippen LogP contribution in [0, 0.1) is 0 Å². The molecule has 6 nitrogen and oxygen atoms in total. The normalized spacial score (nSPS) is 11.1. The first-order valence-electron chi connectivity index (χ1n) is 9.28. The Balaban J connectivity index is 1.45. The van der Waals surface area contributed by atoms with Crippen molar-refractivity contribution in [3.63, 3.8) is 0 Å². The number of aromatic nitrogens is 4. The van der Waals surface area contributed by atoms with E-state index in [1.54, 1.807) is 7.11 Å². The number of hydrogen-bond acceptors (Lipinski definition) is 5. The molecule has 0 bridgehead atoms. The van der Waals surface area contributed by atoms with Gasteiger partial charge in [0, 0.05) is 43.2 Å². The summed E-state index contributed by atoms with van der Waals surface area (Å²) in [5, 5.41) is 10.3. The molecule has 0 saturated heterocycles. The predicted octanol–water partition coefficient (Wildman–Crippen LogP) is 3.88. The number of Topliss-reactive ketones (excluding diaryl/α,β-unsaturated/α-hetero) is 1. The van der Waals surface area contributed by atoms with Gasteiger partial charge in [-0.05, 0) is 23.8 Å². The van der Waals surface area contributed by atoms with Crippen LogP contribution < -0.4 is 4.74 Å². The molecular formula is C22H22N4O2S. The third kappa shape index (κ3) is 3.91. The Bertz CT molecular complexity index is 1160. The summed E-state index contributed by atoms with van der Waals surface area (Å²) in [6, 6.07) is 15.9. The number of hydrogen-bond donors (Lipinski definition) is 0. The van der Waals surface area contributed by atoms with Crippen LogP contribution in [-0.4, -0.2) is 38.0 Å². The Morgan fingerprint density at radius 2 is 1.83 bits per heavy atom. The molecule has 0 aliphatic heterocycles. The third-order valence-corrected chi connectivity index (χ3v) is 6.00. The molecule has 4 rings (SSSR count). The van der Waals surface area contributed by atoms with E-state index >= 15 is 0 Å². The fourth-order valence-electron chi connectivity index (χ4n) is 3.32. The molecular weight excluding hydrogens is 384 g/mol. The summed E-state index contributed by atoms with van der Waals surface area (Å²) < 4.78 is 9.13. The minimum Gasteiger partial charge on any atom is -0.497 e. The van der Waals surface area contributed by atoms with Crippen LogP contribution in [0.2, 0.25) is 0 Å². The first kappa shape index (κ1) is 19.3. The van der Waals surface area contributed by atoms with Gasteiger partial charge in [0.2, 0.25) is 0 Å². The average molecular weight is 407 g/mol. The summed E-state index contributed by atoms with van der Waals surface area (Å²) in [5.74, 6) is 2.10. The molecule has 4 aromatic rings. The Morgan fingerprint density at radius 1 is 1.07 bits per heavy atom. The number of aryl methyl sites for hydroxylation is 1. The van der Waals surface area contributed by atoms with Crippen molar-refractivity contribution < 1.29 is 9.53 Å². The molecule has 0 unspecified atom stereocenters. The predicted molar refractivity (Wildman–Crippen MR) is 115 cm³/mol. The lowest BCUT2D eigenvalue weighted by molar-refractivity contribution is 0.102. The molecule has 0 fully saturated rings.